The van der Waals surface area contributed by atoms with Crippen LogP contribution in [0.2, 0.25) is 0 Å². The maximum Gasteiger partial charge on any atom is 0.378 e. The molecule has 1 unspecified atom stereocenters. The Hall–Kier alpha value is -1.35. The van der Waals surface area contributed by atoms with E-state index >= 15 is 0 Å². The maximum absolute atomic E-state index is 11.9. The van der Waals surface area contributed by atoms with E-state index in [0.29, 0.717) is 6.42 Å². The van der Waals surface area contributed by atoms with Gasteiger partial charge in [0.1, 0.15) is 18.8 Å². The zero-order valence-electron chi connectivity index (χ0n) is 13.0. The number of rotatable bonds is 9. The first-order valence-corrected chi connectivity index (χ1v) is 7.10. The molecule has 0 aromatic heterocycles. The summed E-state index contributed by atoms with van der Waals surface area (Å²) in [5.41, 5.74) is -1.19. The molecule has 1 aliphatic heterocycles. The number of aliphatic hydroxyl groups excluding tert-OH is 3. The molecule has 0 aromatic rings. The van der Waals surface area contributed by atoms with Gasteiger partial charge in [-0.3, -0.25) is 0 Å². The summed E-state index contributed by atoms with van der Waals surface area (Å²) < 4.78 is 15.7. The van der Waals surface area contributed by atoms with Crippen molar-refractivity contribution >= 4 is 5.97 Å². The number of ether oxygens (including phenoxy) is 3. The van der Waals surface area contributed by atoms with Gasteiger partial charge in [0.25, 0.3) is 0 Å². The Bertz CT molecular complexity index is 408. The maximum atomic E-state index is 11.9. The second-order valence-corrected chi connectivity index (χ2v) is 5.70. The Morgan fingerprint density at radius 3 is 2.41 bits per heavy atom. The Labute approximate surface area is 128 Å². The molecular formula is C14H24O8. The lowest BCUT2D eigenvalue weighted by Crippen LogP contribution is -2.34. The average molecular weight is 320 g/mol. The molecule has 1 rings (SSSR count). The predicted molar refractivity (Wildman–Crippen MR) is 74.5 cm³/mol. The average Bonchev–Trinajstić information content (AvgIpc) is 2.76. The quantitative estimate of drug-likeness (QED) is 0.401. The van der Waals surface area contributed by atoms with Crippen LogP contribution in [0.4, 0.5) is 0 Å². The first-order chi connectivity index (χ1) is 10.2. The van der Waals surface area contributed by atoms with Gasteiger partial charge >= 0.3 is 5.97 Å². The number of esters is 1. The van der Waals surface area contributed by atoms with Crippen LogP contribution in [-0.2, 0) is 19.0 Å². The fraction of sp³-hybridized carbons (Fsp3) is 0.786. The van der Waals surface area contributed by atoms with Crippen LogP contribution in [0, 0.1) is 0 Å². The van der Waals surface area contributed by atoms with Crippen LogP contribution in [0.1, 0.15) is 27.2 Å². The SMILES string of the molecule is CCC(CO)OC1=C(OCC(C)(C)O)C(=O)O[C@@H]1[C@@H](O)CO. The predicted octanol–water partition coefficient (Wildman–Crippen LogP) is -0.948. The minimum absolute atomic E-state index is 0.0864. The zero-order chi connectivity index (χ0) is 16.9. The summed E-state index contributed by atoms with van der Waals surface area (Å²) in [7, 11) is 0. The van der Waals surface area contributed by atoms with E-state index in [9.17, 15) is 20.1 Å². The van der Waals surface area contributed by atoms with E-state index in [0.717, 1.165) is 0 Å². The number of carbonyl (C=O) groups is 1. The Balaban J connectivity index is 3.03. The summed E-state index contributed by atoms with van der Waals surface area (Å²) in [6, 6.07) is 0. The van der Waals surface area contributed by atoms with Crippen molar-refractivity contribution in [2.45, 2.75) is 51.1 Å². The van der Waals surface area contributed by atoms with Crippen LogP contribution in [0.25, 0.3) is 0 Å². The molecule has 0 saturated heterocycles. The van der Waals surface area contributed by atoms with Crippen molar-refractivity contribution in [1.29, 1.82) is 0 Å². The van der Waals surface area contributed by atoms with Crippen LogP contribution in [0.15, 0.2) is 11.5 Å². The zero-order valence-corrected chi connectivity index (χ0v) is 13.0. The molecule has 0 saturated carbocycles. The second kappa shape index (κ2) is 7.77. The van der Waals surface area contributed by atoms with Gasteiger partial charge in [0.15, 0.2) is 11.9 Å². The van der Waals surface area contributed by atoms with Gasteiger partial charge < -0.3 is 34.6 Å². The van der Waals surface area contributed by atoms with Crippen LogP contribution in [0.3, 0.4) is 0 Å². The van der Waals surface area contributed by atoms with Crippen molar-refractivity contribution in [3.05, 3.63) is 11.5 Å². The molecule has 4 N–H and O–H groups in total. The number of cyclic esters (lactones) is 1. The molecule has 1 aliphatic rings. The van der Waals surface area contributed by atoms with Gasteiger partial charge in [-0.2, -0.15) is 0 Å². The van der Waals surface area contributed by atoms with E-state index < -0.39 is 36.5 Å². The van der Waals surface area contributed by atoms with Crippen molar-refractivity contribution in [1.82, 2.24) is 0 Å². The van der Waals surface area contributed by atoms with E-state index in [2.05, 4.69) is 0 Å². The van der Waals surface area contributed by atoms with Gasteiger partial charge in [-0.25, -0.2) is 4.79 Å². The van der Waals surface area contributed by atoms with Crippen LogP contribution < -0.4 is 0 Å². The highest BCUT2D eigenvalue weighted by Crippen LogP contribution is 2.29. The molecule has 22 heavy (non-hydrogen) atoms. The lowest BCUT2D eigenvalue weighted by atomic mass is 10.1. The third kappa shape index (κ3) is 4.84. The smallest absolute Gasteiger partial charge is 0.378 e. The molecule has 1 heterocycles. The molecule has 3 atom stereocenters. The number of hydrogen-bond donors (Lipinski definition) is 4. The third-order valence-corrected chi connectivity index (χ3v) is 2.96. The third-order valence-electron chi connectivity index (χ3n) is 2.96. The minimum atomic E-state index is -1.38. The van der Waals surface area contributed by atoms with Crippen molar-refractivity contribution in [3.63, 3.8) is 0 Å². The highest BCUT2D eigenvalue weighted by atomic mass is 16.6. The largest absolute Gasteiger partial charge is 0.484 e. The molecule has 0 aromatic carbocycles. The minimum Gasteiger partial charge on any atom is -0.484 e. The van der Waals surface area contributed by atoms with Crippen molar-refractivity contribution in [2.24, 2.45) is 0 Å². The summed E-state index contributed by atoms with van der Waals surface area (Å²) in [5.74, 6) is -1.22. The van der Waals surface area contributed by atoms with Crippen LogP contribution >= 0.6 is 0 Å². The Morgan fingerprint density at radius 1 is 1.32 bits per heavy atom. The van der Waals surface area contributed by atoms with E-state index in [-0.39, 0.29) is 24.7 Å². The normalized spacial score (nSPS) is 21.6. The fourth-order valence-corrected chi connectivity index (χ4v) is 1.73. The summed E-state index contributed by atoms with van der Waals surface area (Å²) >= 11 is 0. The van der Waals surface area contributed by atoms with E-state index in [1.54, 1.807) is 6.92 Å². The number of carbonyl (C=O) groups excluding carboxylic acids is 1. The topological polar surface area (TPSA) is 126 Å². The summed E-state index contributed by atoms with van der Waals surface area (Å²) in [5, 5.41) is 37.7. The van der Waals surface area contributed by atoms with Crippen LogP contribution in [0.5, 0.6) is 0 Å². The molecule has 0 fully saturated rings. The number of hydrogen-bond acceptors (Lipinski definition) is 8. The van der Waals surface area contributed by atoms with Gasteiger partial charge in [0.05, 0.1) is 18.8 Å². The second-order valence-electron chi connectivity index (χ2n) is 5.70. The van der Waals surface area contributed by atoms with Gasteiger partial charge in [-0.1, -0.05) is 6.92 Å². The first-order valence-electron chi connectivity index (χ1n) is 7.10. The van der Waals surface area contributed by atoms with Crippen molar-refractivity contribution < 1.29 is 39.4 Å². The summed E-state index contributed by atoms with van der Waals surface area (Å²) in [6.45, 7) is 3.64. The van der Waals surface area contributed by atoms with Gasteiger partial charge in [0, 0.05) is 0 Å². The Kier molecular flexibility index (Phi) is 6.61. The molecule has 128 valence electrons. The molecule has 0 amide bonds. The summed E-state index contributed by atoms with van der Waals surface area (Å²) in [6.07, 6.45) is -2.75. The first kappa shape index (κ1) is 18.7. The van der Waals surface area contributed by atoms with E-state index in [4.69, 9.17) is 19.3 Å². The van der Waals surface area contributed by atoms with Gasteiger partial charge in [-0.05, 0) is 20.3 Å². The molecule has 0 spiro atoms. The van der Waals surface area contributed by atoms with Crippen molar-refractivity contribution in [2.75, 3.05) is 19.8 Å². The molecule has 8 heteroatoms. The lowest BCUT2D eigenvalue weighted by Gasteiger charge is -2.23. The lowest BCUT2D eigenvalue weighted by molar-refractivity contribution is -0.149. The summed E-state index contributed by atoms with van der Waals surface area (Å²) in [4.78, 5) is 11.9. The fourth-order valence-electron chi connectivity index (χ4n) is 1.73. The standard InChI is InChI=1S/C14H24O8/c1-4-8(5-15)21-11-10(9(17)6-16)22-13(18)12(11)20-7-14(2,3)19/h8-10,15-17,19H,4-7H2,1-3H3/t8?,9-,10+/m0/s1. The number of aliphatic hydroxyl groups is 4. The van der Waals surface area contributed by atoms with E-state index in [1.807, 2.05) is 0 Å². The molecule has 8 nitrogen and oxygen atoms in total. The van der Waals surface area contributed by atoms with E-state index in [1.165, 1.54) is 13.8 Å². The highest BCUT2D eigenvalue weighted by molar-refractivity contribution is 5.89. The highest BCUT2D eigenvalue weighted by Gasteiger charge is 2.43. The van der Waals surface area contributed by atoms with Gasteiger partial charge in [-0.15, -0.1) is 0 Å². The van der Waals surface area contributed by atoms with Gasteiger partial charge in [0.2, 0.25) is 5.76 Å². The monoisotopic (exact) mass is 320 g/mol. The molecule has 0 radical (unpaired) electrons. The molecule has 0 bridgehead atoms. The molecule has 0 aliphatic carbocycles. The van der Waals surface area contributed by atoms with Crippen molar-refractivity contribution in [3.8, 4) is 0 Å². The Morgan fingerprint density at radius 2 is 1.95 bits per heavy atom. The van der Waals surface area contributed by atoms with Crippen LogP contribution in [-0.4, -0.2) is 70.1 Å². The molecular weight excluding hydrogens is 296 g/mol.